The molecule has 0 aliphatic carbocycles. The molecular weight excluding hydrogens is 372 g/mol. The fourth-order valence-corrected chi connectivity index (χ4v) is 2.73. The molecule has 8 nitrogen and oxygen atoms in total. The van der Waals surface area contributed by atoms with Crippen molar-refractivity contribution in [2.24, 2.45) is 0 Å². The van der Waals surface area contributed by atoms with Crippen LogP contribution in [-0.4, -0.2) is 46.1 Å². The van der Waals surface area contributed by atoms with E-state index in [0.717, 1.165) is 6.26 Å². The van der Waals surface area contributed by atoms with Crippen LogP contribution in [0.15, 0.2) is 53.4 Å². The van der Waals surface area contributed by atoms with E-state index in [1.807, 2.05) is 0 Å². The maximum atomic E-state index is 11.9. The van der Waals surface area contributed by atoms with Gasteiger partial charge in [0.25, 0.3) is 11.8 Å². The topological polar surface area (TPSA) is 119 Å². The Bertz CT molecular complexity index is 950. The minimum absolute atomic E-state index is 0.0806. The van der Waals surface area contributed by atoms with E-state index in [4.69, 9.17) is 4.74 Å². The smallest absolute Gasteiger partial charge is 0.338 e. The van der Waals surface area contributed by atoms with E-state index >= 15 is 0 Å². The molecule has 2 N–H and O–H groups in total. The summed E-state index contributed by atoms with van der Waals surface area (Å²) in [6.45, 7) is -0.510. The molecule has 0 aromatic heterocycles. The second kappa shape index (κ2) is 8.45. The Kier molecular flexibility index (Phi) is 6.30. The van der Waals surface area contributed by atoms with Crippen LogP contribution in [0.25, 0.3) is 0 Å². The van der Waals surface area contributed by atoms with Crippen LogP contribution >= 0.6 is 0 Å². The van der Waals surface area contributed by atoms with Crippen LogP contribution in [0.5, 0.6) is 0 Å². The summed E-state index contributed by atoms with van der Waals surface area (Å²) in [7, 11) is -1.84. The van der Waals surface area contributed by atoms with Crippen LogP contribution in [0.1, 0.15) is 20.7 Å². The Morgan fingerprint density at radius 2 is 1.48 bits per heavy atom. The monoisotopic (exact) mass is 390 g/mol. The van der Waals surface area contributed by atoms with Gasteiger partial charge in [0, 0.05) is 24.6 Å². The van der Waals surface area contributed by atoms with Gasteiger partial charge >= 0.3 is 5.97 Å². The molecule has 0 atom stereocenters. The fraction of sp³-hybridized carbons (Fsp3) is 0.167. The van der Waals surface area contributed by atoms with Crippen LogP contribution in [0.4, 0.5) is 5.69 Å². The zero-order valence-electron chi connectivity index (χ0n) is 14.7. The van der Waals surface area contributed by atoms with E-state index in [0.29, 0.717) is 11.3 Å². The molecule has 0 radical (unpaired) electrons. The number of amides is 2. The van der Waals surface area contributed by atoms with Gasteiger partial charge in [0.15, 0.2) is 16.4 Å². The first-order chi connectivity index (χ1) is 12.7. The lowest BCUT2D eigenvalue weighted by atomic mass is 10.2. The van der Waals surface area contributed by atoms with Crippen LogP contribution in [0, 0.1) is 0 Å². The predicted molar refractivity (Wildman–Crippen MR) is 98.3 cm³/mol. The summed E-state index contributed by atoms with van der Waals surface area (Å²) in [5.74, 6) is -1.55. The standard InChI is InChI=1S/C18H18N2O6S/c1-19-17(22)12-3-7-14(8-4-12)20-16(21)11-26-18(23)13-5-9-15(10-6-13)27(2,24)25/h3-10H,11H2,1-2H3,(H,19,22)(H,20,21). The minimum atomic E-state index is -3.36. The molecule has 0 saturated heterocycles. The number of anilines is 1. The van der Waals surface area contributed by atoms with Gasteiger partial charge in [-0.3, -0.25) is 9.59 Å². The quantitative estimate of drug-likeness (QED) is 0.717. The van der Waals surface area contributed by atoms with Crippen LogP contribution < -0.4 is 10.6 Å². The highest BCUT2D eigenvalue weighted by molar-refractivity contribution is 7.90. The van der Waals surface area contributed by atoms with Gasteiger partial charge in [0.05, 0.1) is 10.5 Å². The number of ether oxygens (including phenoxy) is 1. The number of hydrogen-bond donors (Lipinski definition) is 2. The van der Waals surface area contributed by atoms with Gasteiger partial charge in [-0.1, -0.05) is 0 Å². The first kappa shape index (κ1) is 20.1. The third kappa shape index (κ3) is 5.65. The molecule has 0 spiro atoms. The highest BCUT2D eigenvalue weighted by Crippen LogP contribution is 2.12. The minimum Gasteiger partial charge on any atom is -0.452 e. The zero-order chi connectivity index (χ0) is 20.0. The molecule has 0 aliphatic rings. The van der Waals surface area contributed by atoms with Gasteiger partial charge in [-0.05, 0) is 48.5 Å². The Balaban J connectivity index is 1.89. The first-order valence-electron chi connectivity index (χ1n) is 7.80. The molecule has 0 saturated carbocycles. The lowest BCUT2D eigenvalue weighted by Crippen LogP contribution is -2.21. The number of esters is 1. The highest BCUT2D eigenvalue weighted by atomic mass is 32.2. The fourth-order valence-electron chi connectivity index (χ4n) is 2.10. The van der Waals surface area contributed by atoms with E-state index < -0.39 is 28.3 Å². The number of sulfone groups is 1. The van der Waals surface area contributed by atoms with Crippen molar-refractivity contribution in [3.8, 4) is 0 Å². The lowest BCUT2D eigenvalue weighted by Gasteiger charge is -2.08. The van der Waals surface area contributed by atoms with Crippen LogP contribution in [0.2, 0.25) is 0 Å². The molecule has 0 fully saturated rings. The molecule has 2 aromatic carbocycles. The molecule has 2 aromatic rings. The Morgan fingerprint density at radius 1 is 0.926 bits per heavy atom. The summed E-state index contributed by atoms with van der Waals surface area (Å²) in [5, 5.41) is 5.02. The van der Waals surface area contributed by atoms with Crippen molar-refractivity contribution in [1.29, 1.82) is 0 Å². The van der Waals surface area contributed by atoms with E-state index in [9.17, 15) is 22.8 Å². The largest absolute Gasteiger partial charge is 0.452 e. The number of hydrogen-bond acceptors (Lipinski definition) is 6. The Hall–Kier alpha value is -3.20. The average Bonchev–Trinajstić information content (AvgIpc) is 2.65. The van der Waals surface area contributed by atoms with E-state index in [-0.39, 0.29) is 16.4 Å². The zero-order valence-corrected chi connectivity index (χ0v) is 15.5. The molecule has 0 aliphatic heterocycles. The Morgan fingerprint density at radius 3 is 2.00 bits per heavy atom. The second-order valence-electron chi connectivity index (χ2n) is 5.58. The third-order valence-electron chi connectivity index (χ3n) is 3.51. The maximum Gasteiger partial charge on any atom is 0.338 e. The van der Waals surface area contributed by atoms with Crippen molar-refractivity contribution in [3.63, 3.8) is 0 Å². The number of carbonyl (C=O) groups is 3. The first-order valence-corrected chi connectivity index (χ1v) is 9.69. The molecule has 9 heteroatoms. The van der Waals surface area contributed by atoms with Crippen molar-refractivity contribution in [3.05, 3.63) is 59.7 Å². The molecule has 2 rings (SSSR count). The van der Waals surface area contributed by atoms with Crippen molar-refractivity contribution in [2.75, 3.05) is 25.2 Å². The second-order valence-corrected chi connectivity index (χ2v) is 7.59. The number of rotatable bonds is 6. The maximum absolute atomic E-state index is 11.9. The highest BCUT2D eigenvalue weighted by Gasteiger charge is 2.13. The summed E-state index contributed by atoms with van der Waals surface area (Å²) in [5.41, 5.74) is 1.02. The van der Waals surface area contributed by atoms with Crippen molar-refractivity contribution in [1.82, 2.24) is 5.32 Å². The van der Waals surface area contributed by atoms with Crippen molar-refractivity contribution >= 4 is 33.3 Å². The van der Waals surface area contributed by atoms with E-state index in [2.05, 4.69) is 10.6 Å². The molecule has 2 amide bonds. The molecule has 0 heterocycles. The summed E-state index contributed by atoms with van der Waals surface area (Å²) in [6, 6.07) is 11.4. The third-order valence-corrected chi connectivity index (χ3v) is 4.64. The van der Waals surface area contributed by atoms with Gasteiger partial charge < -0.3 is 15.4 Å². The average molecular weight is 390 g/mol. The van der Waals surface area contributed by atoms with Gasteiger partial charge in [-0.15, -0.1) is 0 Å². The molecule has 0 unspecified atom stereocenters. The molecule has 142 valence electrons. The van der Waals surface area contributed by atoms with Crippen LogP contribution in [0.3, 0.4) is 0 Å². The molecule has 0 bridgehead atoms. The van der Waals surface area contributed by atoms with E-state index in [1.54, 1.807) is 24.3 Å². The number of benzene rings is 2. The Labute approximate surface area is 156 Å². The van der Waals surface area contributed by atoms with Crippen molar-refractivity contribution < 1.29 is 27.5 Å². The van der Waals surface area contributed by atoms with Gasteiger partial charge in [0.1, 0.15) is 0 Å². The number of nitrogens with one attached hydrogen (secondary N) is 2. The van der Waals surface area contributed by atoms with Crippen LogP contribution in [-0.2, 0) is 19.4 Å². The van der Waals surface area contributed by atoms with Crippen molar-refractivity contribution in [2.45, 2.75) is 4.90 Å². The summed E-state index contributed by atoms with van der Waals surface area (Å²) >= 11 is 0. The van der Waals surface area contributed by atoms with Gasteiger partial charge in [-0.25, -0.2) is 13.2 Å². The molecule has 27 heavy (non-hydrogen) atoms. The predicted octanol–water partition coefficient (Wildman–Crippen LogP) is 1.25. The summed E-state index contributed by atoms with van der Waals surface area (Å²) < 4.78 is 27.7. The van der Waals surface area contributed by atoms with Gasteiger partial charge in [-0.2, -0.15) is 0 Å². The normalized spacial score (nSPS) is 10.7. The number of carbonyl (C=O) groups excluding carboxylic acids is 3. The van der Waals surface area contributed by atoms with E-state index in [1.165, 1.54) is 31.3 Å². The van der Waals surface area contributed by atoms with Gasteiger partial charge in [0.2, 0.25) is 0 Å². The summed E-state index contributed by atoms with van der Waals surface area (Å²) in [4.78, 5) is 35.3. The summed E-state index contributed by atoms with van der Waals surface area (Å²) in [6.07, 6.45) is 1.06. The SMILES string of the molecule is CNC(=O)c1ccc(NC(=O)COC(=O)c2ccc(S(C)(=O)=O)cc2)cc1. The molecular formula is C18H18N2O6S. The lowest BCUT2D eigenvalue weighted by molar-refractivity contribution is -0.119.